The Kier molecular flexibility index (Phi) is 4.06. The maximum atomic E-state index is 12.2. The molecule has 108 valence electrons. The van der Waals surface area contributed by atoms with Crippen LogP contribution < -0.4 is 5.32 Å². The number of aryl methyl sites for hydroxylation is 1. The number of rotatable bonds is 3. The van der Waals surface area contributed by atoms with Crippen molar-refractivity contribution in [2.24, 2.45) is 0 Å². The van der Waals surface area contributed by atoms with Crippen molar-refractivity contribution >= 4 is 33.7 Å². The van der Waals surface area contributed by atoms with Crippen molar-refractivity contribution in [3.05, 3.63) is 32.5 Å². The van der Waals surface area contributed by atoms with E-state index in [1.54, 1.807) is 0 Å². The van der Waals surface area contributed by atoms with Crippen LogP contribution >= 0.6 is 22.7 Å². The number of hydrogen-bond donors (Lipinski definition) is 2. The molecular formula is C15H14N2O2S2. The summed E-state index contributed by atoms with van der Waals surface area (Å²) in [4.78, 5) is 18.1. The number of hydrogen-bond acceptors (Lipinski definition) is 5. The molecule has 1 aliphatic carbocycles. The van der Waals surface area contributed by atoms with Crippen LogP contribution in [0.5, 0.6) is 0 Å². The number of thiazole rings is 1. The first kappa shape index (κ1) is 14.3. The fraction of sp³-hybridized carbons (Fsp3) is 0.333. The van der Waals surface area contributed by atoms with Crippen LogP contribution in [-0.2, 0) is 0 Å². The second-order valence-electron chi connectivity index (χ2n) is 4.89. The summed E-state index contributed by atoms with van der Waals surface area (Å²) < 4.78 is 0. The lowest BCUT2D eigenvalue weighted by atomic mass is 10.2. The molecule has 4 nitrogen and oxygen atoms in total. The predicted octanol–water partition coefficient (Wildman–Crippen LogP) is 2.99. The molecule has 0 aliphatic heterocycles. The number of amides is 1. The van der Waals surface area contributed by atoms with Gasteiger partial charge in [-0.1, -0.05) is 11.8 Å². The lowest BCUT2D eigenvalue weighted by Crippen LogP contribution is -2.09. The Hall–Kier alpha value is -1.68. The van der Waals surface area contributed by atoms with Gasteiger partial charge in [-0.2, -0.15) is 0 Å². The van der Waals surface area contributed by atoms with Crippen LogP contribution in [0.25, 0.3) is 0 Å². The van der Waals surface area contributed by atoms with Crippen LogP contribution in [0.15, 0.2) is 11.4 Å². The number of anilines is 1. The molecule has 1 aliphatic rings. The number of aliphatic hydroxyl groups is 1. The number of thiophene rings is 1. The van der Waals surface area contributed by atoms with E-state index in [1.807, 2.05) is 18.4 Å². The van der Waals surface area contributed by atoms with Gasteiger partial charge in [0.15, 0.2) is 5.13 Å². The van der Waals surface area contributed by atoms with Gasteiger partial charge >= 0.3 is 0 Å². The Balaban J connectivity index is 1.72. The molecule has 1 fully saturated rings. The second kappa shape index (κ2) is 5.98. The Labute approximate surface area is 130 Å². The van der Waals surface area contributed by atoms with Gasteiger partial charge in [-0.3, -0.25) is 10.1 Å². The molecule has 2 N–H and O–H groups in total. The van der Waals surface area contributed by atoms with Crippen molar-refractivity contribution in [3.8, 4) is 11.8 Å². The largest absolute Gasteiger partial charge is 0.384 e. The van der Waals surface area contributed by atoms with Crippen LogP contribution in [-0.4, -0.2) is 22.6 Å². The highest BCUT2D eigenvalue weighted by molar-refractivity contribution is 7.15. The van der Waals surface area contributed by atoms with Gasteiger partial charge in [0.05, 0.1) is 15.4 Å². The normalized spacial score (nSPS) is 13.6. The second-order valence-corrected chi connectivity index (χ2v) is 6.80. The third-order valence-corrected chi connectivity index (χ3v) is 5.09. The van der Waals surface area contributed by atoms with E-state index in [0.29, 0.717) is 15.9 Å². The minimum atomic E-state index is -0.179. The number of aliphatic hydroxyl groups excluding tert-OH is 1. The number of carbonyl (C=O) groups excluding carboxylic acids is 1. The zero-order valence-electron chi connectivity index (χ0n) is 11.5. The van der Waals surface area contributed by atoms with Gasteiger partial charge in [0.2, 0.25) is 0 Å². The van der Waals surface area contributed by atoms with E-state index < -0.39 is 0 Å². The molecule has 2 aromatic heterocycles. The third kappa shape index (κ3) is 3.32. The molecule has 0 saturated heterocycles. The monoisotopic (exact) mass is 318 g/mol. The van der Waals surface area contributed by atoms with Crippen LogP contribution in [0.2, 0.25) is 0 Å². The first-order valence-corrected chi connectivity index (χ1v) is 8.34. The molecule has 2 heterocycles. The number of carbonyl (C=O) groups is 1. The van der Waals surface area contributed by atoms with E-state index in [9.17, 15) is 4.79 Å². The molecule has 21 heavy (non-hydrogen) atoms. The molecule has 0 atom stereocenters. The number of nitrogens with one attached hydrogen (secondary N) is 1. The quantitative estimate of drug-likeness (QED) is 0.855. The minimum absolute atomic E-state index is 0.156. The van der Waals surface area contributed by atoms with Crippen molar-refractivity contribution in [2.75, 3.05) is 11.9 Å². The van der Waals surface area contributed by atoms with Gasteiger partial charge in [-0.25, -0.2) is 4.98 Å². The van der Waals surface area contributed by atoms with Crippen LogP contribution in [0.3, 0.4) is 0 Å². The van der Waals surface area contributed by atoms with Crippen molar-refractivity contribution in [1.29, 1.82) is 0 Å². The Morgan fingerprint density at radius 1 is 1.57 bits per heavy atom. The predicted molar refractivity (Wildman–Crippen MR) is 85.1 cm³/mol. The van der Waals surface area contributed by atoms with Crippen molar-refractivity contribution < 1.29 is 9.90 Å². The van der Waals surface area contributed by atoms with Crippen LogP contribution in [0.1, 0.15) is 44.6 Å². The summed E-state index contributed by atoms with van der Waals surface area (Å²) >= 11 is 2.80. The van der Waals surface area contributed by atoms with E-state index in [-0.39, 0.29) is 12.5 Å². The maximum Gasteiger partial charge on any atom is 0.267 e. The van der Waals surface area contributed by atoms with Gasteiger partial charge in [-0.05, 0) is 31.4 Å². The van der Waals surface area contributed by atoms with Gasteiger partial charge in [0, 0.05) is 11.3 Å². The van der Waals surface area contributed by atoms with Gasteiger partial charge in [0.1, 0.15) is 6.61 Å². The Morgan fingerprint density at radius 3 is 3.10 bits per heavy atom. The summed E-state index contributed by atoms with van der Waals surface area (Å²) in [6, 6.07) is 1.82. The molecule has 3 rings (SSSR count). The molecule has 6 heteroatoms. The van der Waals surface area contributed by atoms with E-state index in [0.717, 1.165) is 16.1 Å². The summed E-state index contributed by atoms with van der Waals surface area (Å²) in [5.41, 5.74) is 2.04. The summed E-state index contributed by atoms with van der Waals surface area (Å²) in [5.74, 6) is 5.90. The van der Waals surface area contributed by atoms with Crippen molar-refractivity contribution in [2.45, 2.75) is 25.7 Å². The zero-order chi connectivity index (χ0) is 14.8. The van der Waals surface area contributed by atoms with E-state index in [4.69, 9.17) is 5.11 Å². The first-order chi connectivity index (χ1) is 10.2. The van der Waals surface area contributed by atoms with Crippen molar-refractivity contribution in [1.82, 2.24) is 4.98 Å². The fourth-order valence-corrected chi connectivity index (χ4v) is 3.64. The fourth-order valence-electron chi connectivity index (χ4n) is 1.91. The molecule has 0 aromatic carbocycles. The summed E-state index contributed by atoms with van der Waals surface area (Å²) in [6.45, 7) is 1.73. The molecule has 0 unspecified atom stereocenters. The molecule has 2 aromatic rings. The average Bonchev–Trinajstić information content (AvgIpc) is 3.11. The van der Waals surface area contributed by atoms with Gasteiger partial charge in [-0.15, -0.1) is 22.7 Å². The van der Waals surface area contributed by atoms with Gasteiger partial charge in [0.25, 0.3) is 5.91 Å². The summed E-state index contributed by atoms with van der Waals surface area (Å²) in [7, 11) is 0. The molecule has 1 amide bonds. The lowest BCUT2D eigenvalue weighted by Gasteiger charge is -1.97. The summed E-state index contributed by atoms with van der Waals surface area (Å²) in [5, 5.41) is 14.2. The van der Waals surface area contributed by atoms with E-state index >= 15 is 0 Å². The highest BCUT2D eigenvalue weighted by Crippen LogP contribution is 2.40. The van der Waals surface area contributed by atoms with E-state index in [2.05, 4.69) is 22.1 Å². The molecule has 1 saturated carbocycles. The zero-order valence-corrected chi connectivity index (χ0v) is 13.1. The SMILES string of the molecule is Cc1cc(C(=O)Nc2nc(C3CC3)cs2)sc1C#CCO. The van der Waals surface area contributed by atoms with E-state index in [1.165, 1.54) is 35.5 Å². The Bertz CT molecular complexity index is 732. The number of aromatic nitrogens is 1. The number of nitrogens with zero attached hydrogens (tertiary/aromatic N) is 1. The minimum Gasteiger partial charge on any atom is -0.384 e. The topological polar surface area (TPSA) is 62.2 Å². The molecule has 0 spiro atoms. The smallest absolute Gasteiger partial charge is 0.267 e. The highest BCUT2D eigenvalue weighted by atomic mass is 32.1. The molecular weight excluding hydrogens is 304 g/mol. The maximum absolute atomic E-state index is 12.2. The average molecular weight is 318 g/mol. The van der Waals surface area contributed by atoms with Crippen LogP contribution in [0.4, 0.5) is 5.13 Å². The standard InChI is InChI=1S/C15H14N2O2S2/c1-9-7-13(21-12(9)3-2-6-18)14(19)17-15-16-11(8-20-15)10-4-5-10/h7-8,10,18H,4-6H2,1H3,(H,16,17,19). The Morgan fingerprint density at radius 2 is 2.38 bits per heavy atom. The highest BCUT2D eigenvalue weighted by Gasteiger charge is 2.26. The van der Waals surface area contributed by atoms with Crippen LogP contribution in [0, 0.1) is 18.8 Å². The molecule has 0 bridgehead atoms. The molecule has 0 radical (unpaired) electrons. The first-order valence-electron chi connectivity index (χ1n) is 6.64. The lowest BCUT2D eigenvalue weighted by molar-refractivity contribution is 0.103. The summed E-state index contributed by atoms with van der Waals surface area (Å²) in [6.07, 6.45) is 2.41. The third-order valence-electron chi connectivity index (χ3n) is 3.16. The van der Waals surface area contributed by atoms with Gasteiger partial charge < -0.3 is 5.11 Å². The van der Waals surface area contributed by atoms with Crippen molar-refractivity contribution in [3.63, 3.8) is 0 Å².